The number of ether oxygens (including phenoxy) is 3. The lowest BCUT2D eigenvalue weighted by molar-refractivity contribution is 0.190. The fourth-order valence-electron chi connectivity index (χ4n) is 2.10. The summed E-state index contributed by atoms with van der Waals surface area (Å²) in [5, 5.41) is 9.93. The molecule has 2 aromatic rings. The summed E-state index contributed by atoms with van der Waals surface area (Å²) in [6.07, 6.45) is -0.682. The van der Waals surface area contributed by atoms with Crippen molar-refractivity contribution in [2.24, 2.45) is 0 Å². The number of aliphatic hydroxyl groups excluding tert-OH is 1. The molecule has 0 aliphatic carbocycles. The van der Waals surface area contributed by atoms with E-state index in [9.17, 15) is 5.11 Å². The van der Waals surface area contributed by atoms with Gasteiger partial charge in [-0.25, -0.2) is 0 Å². The zero-order chi connectivity index (χ0) is 15.2. The molecule has 0 saturated heterocycles. The Balaban J connectivity index is 2.26. The summed E-state index contributed by atoms with van der Waals surface area (Å²) in [5.41, 5.74) is 0.633. The van der Waals surface area contributed by atoms with Crippen molar-refractivity contribution in [3.63, 3.8) is 0 Å². The van der Waals surface area contributed by atoms with Crippen molar-refractivity contribution in [1.82, 2.24) is 0 Å². The van der Waals surface area contributed by atoms with Crippen LogP contribution in [0.25, 0.3) is 0 Å². The van der Waals surface area contributed by atoms with Crippen LogP contribution in [0.5, 0.6) is 23.0 Å². The molecule has 2 rings (SSSR count). The van der Waals surface area contributed by atoms with Crippen LogP contribution >= 0.6 is 0 Å². The molecule has 21 heavy (non-hydrogen) atoms. The van der Waals surface area contributed by atoms with E-state index in [1.165, 1.54) is 0 Å². The lowest BCUT2D eigenvalue weighted by Gasteiger charge is -2.16. The molecule has 2 aromatic carbocycles. The maximum atomic E-state index is 9.93. The van der Waals surface area contributed by atoms with Gasteiger partial charge in [0, 0.05) is 0 Å². The Morgan fingerprint density at radius 2 is 1.62 bits per heavy atom. The molecule has 0 amide bonds. The summed E-state index contributed by atoms with van der Waals surface area (Å²) in [5.74, 6) is 2.65. The van der Waals surface area contributed by atoms with Crippen LogP contribution in [0.15, 0.2) is 42.5 Å². The zero-order valence-electron chi connectivity index (χ0n) is 12.5. The third-order valence-corrected chi connectivity index (χ3v) is 3.03. The molecular formula is C17H20O4. The van der Waals surface area contributed by atoms with Gasteiger partial charge in [-0.2, -0.15) is 0 Å². The minimum absolute atomic E-state index is 0.577. The van der Waals surface area contributed by atoms with Crippen molar-refractivity contribution >= 4 is 0 Å². The number of benzene rings is 2. The average molecular weight is 288 g/mol. The minimum atomic E-state index is -0.682. The molecule has 0 fully saturated rings. The monoisotopic (exact) mass is 288 g/mol. The number of hydrogen-bond acceptors (Lipinski definition) is 4. The maximum Gasteiger partial charge on any atom is 0.136 e. The van der Waals surface area contributed by atoms with E-state index in [4.69, 9.17) is 14.2 Å². The molecule has 4 nitrogen and oxygen atoms in total. The molecule has 0 aromatic heterocycles. The molecule has 0 spiro atoms. The highest BCUT2D eigenvalue weighted by Crippen LogP contribution is 2.36. The fourth-order valence-corrected chi connectivity index (χ4v) is 2.10. The van der Waals surface area contributed by atoms with Gasteiger partial charge in [-0.15, -0.1) is 0 Å². The second kappa shape index (κ2) is 6.99. The van der Waals surface area contributed by atoms with Gasteiger partial charge in [-0.1, -0.05) is 6.07 Å². The Morgan fingerprint density at radius 3 is 2.19 bits per heavy atom. The zero-order valence-corrected chi connectivity index (χ0v) is 12.5. The molecule has 0 bridgehead atoms. The smallest absolute Gasteiger partial charge is 0.136 e. The minimum Gasteiger partial charge on any atom is -0.496 e. The molecule has 0 aliphatic heterocycles. The first kappa shape index (κ1) is 15.2. The van der Waals surface area contributed by atoms with E-state index in [-0.39, 0.29) is 0 Å². The standard InChI is InChI=1S/C17H20O4/c1-4-20-13-8-10-14(11-9-13)21-16-7-5-6-15(19-3)17(16)12(2)18/h5-12,18H,4H2,1-3H3/t12-/m0/s1. The van der Waals surface area contributed by atoms with Gasteiger partial charge in [-0.3, -0.25) is 0 Å². The summed E-state index contributed by atoms with van der Waals surface area (Å²) in [6.45, 7) is 4.25. The van der Waals surface area contributed by atoms with E-state index in [1.807, 2.05) is 37.3 Å². The van der Waals surface area contributed by atoms with Crippen LogP contribution < -0.4 is 14.2 Å². The average Bonchev–Trinajstić information content (AvgIpc) is 2.49. The lowest BCUT2D eigenvalue weighted by atomic mass is 10.1. The fraction of sp³-hybridized carbons (Fsp3) is 0.294. The molecule has 0 aliphatic rings. The van der Waals surface area contributed by atoms with Gasteiger partial charge in [0.15, 0.2) is 0 Å². The van der Waals surface area contributed by atoms with Gasteiger partial charge in [-0.05, 0) is 50.2 Å². The summed E-state index contributed by atoms with van der Waals surface area (Å²) in [7, 11) is 1.57. The third kappa shape index (κ3) is 3.67. The lowest BCUT2D eigenvalue weighted by Crippen LogP contribution is -2.00. The highest BCUT2D eigenvalue weighted by molar-refractivity contribution is 5.48. The second-order valence-corrected chi connectivity index (χ2v) is 4.55. The maximum absolute atomic E-state index is 9.93. The summed E-state index contributed by atoms with van der Waals surface area (Å²) in [6, 6.07) is 12.8. The molecular weight excluding hydrogens is 268 g/mol. The van der Waals surface area contributed by atoms with Gasteiger partial charge in [0.05, 0.1) is 25.4 Å². The SMILES string of the molecule is CCOc1ccc(Oc2cccc(OC)c2[C@H](C)O)cc1. The molecule has 0 saturated carbocycles. The van der Waals surface area contributed by atoms with Gasteiger partial charge < -0.3 is 19.3 Å². The normalized spacial score (nSPS) is 11.8. The van der Waals surface area contributed by atoms with Crippen LogP contribution in [0.1, 0.15) is 25.5 Å². The topological polar surface area (TPSA) is 47.9 Å². The van der Waals surface area contributed by atoms with Crippen molar-refractivity contribution in [2.75, 3.05) is 13.7 Å². The van der Waals surface area contributed by atoms with Crippen molar-refractivity contribution in [2.45, 2.75) is 20.0 Å². The highest BCUT2D eigenvalue weighted by atomic mass is 16.5. The summed E-state index contributed by atoms with van der Waals surface area (Å²) < 4.78 is 16.5. The van der Waals surface area contributed by atoms with Crippen molar-refractivity contribution in [3.05, 3.63) is 48.0 Å². The quantitative estimate of drug-likeness (QED) is 0.874. The van der Waals surface area contributed by atoms with E-state index < -0.39 is 6.10 Å². The largest absolute Gasteiger partial charge is 0.496 e. The molecule has 0 radical (unpaired) electrons. The van der Waals surface area contributed by atoms with Gasteiger partial charge in [0.2, 0.25) is 0 Å². The predicted octanol–water partition coefficient (Wildman–Crippen LogP) is 3.94. The van der Waals surface area contributed by atoms with E-state index in [1.54, 1.807) is 26.2 Å². The number of rotatable bonds is 6. The Morgan fingerprint density at radius 1 is 1.00 bits per heavy atom. The highest BCUT2D eigenvalue weighted by Gasteiger charge is 2.15. The van der Waals surface area contributed by atoms with Crippen LogP contribution in [0, 0.1) is 0 Å². The van der Waals surface area contributed by atoms with E-state index in [0.29, 0.717) is 29.4 Å². The van der Waals surface area contributed by atoms with Crippen LogP contribution in [0.3, 0.4) is 0 Å². The first-order valence-corrected chi connectivity index (χ1v) is 6.91. The second-order valence-electron chi connectivity index (χ2n) is 4.55. The number of aliphatic hydroxyl groups is 1. The van der Waals surface area contributed by atoms with Crippen molar-refractivity contribution in [1.29, 1.82) is 0 Å². The molecule has 0 unspecified atom stereocenters. The first-order valence-electron chi connectivity index (χ1n) is 6.91. The van der Waals surface area contributed by atoms with Crippen LogP contribution in [0.2, 0.25) is 0 Å². The van der Waals surface area contributed by atoms with Gasteiger partial charge in [0.1, 0.15) is 23.0 Å². The molecule has 1 N–H and O–H groups in total. The van der Waals surface area contributed by atoms with Crippen LogP contribution in [-0.4, -0.2) is 18.8 Å². The molecule has 4 heteroatoms. The van der Waals surface area contributed by atoms with Crippen molar-refractivity contribution < 1.29 is 19.3 Å². The molecule has 0 heterocycles. The van der Waals surface area contributed by atoms with E-state index in [0.717, 1.165) is 5.75 Å². The Kier molecular flexibility index (Phi) is 5.06. The predicted molar refractivity (Wildman–Crippen MR) is 81.3 cm³/mol. The van der Waals surface area contributed by atoms with Crippen LogP contribution in [-0.2, 0) is 0 Å². The molecule has 112 valence electrons. The third-order valence-electron chi connectivity index (χ3n) is 3.03. The number of hydrogen-bond donors (Lipinski definition) is 1. The summed E-state index contributed by atoms with van der Waals surface area (Å²) in [4.78, 5) is 0. The Labute approximate surface area is 124 Å². The molecule has 1 atom stereocenters. The van der Waals surface area contributed by atoms with Gasteiger partial charge in [0.25, 0.3) is 0 Å². The number of methoxy groups -OCH3 is 1. The van der Waals surface area contributed by atoms with E-state index >= 15 is 0 Å². The Hall–Kier alpha value is -2.20. The van der Waals surface area contributed by atoms with Gasteiger partial charge >= 0.3 is 0 Å². The van der Waals surface area contributed by atoms with Crippen LogP contribution in [0.4, 0.5) is 0 Å². The Bertz CT molecular complexity index is 576. The summed E-state index contributed by atoms with van der Waals surface area (Å²) >= 11 is 0. The van der Waals surface area contributed by atoms with E-state index in [2.05, 4.69) is 0 Å². The van der Waals surface area contributed by atoms with Crippen molar-refractivity contribution in [3.8, 4) is 23.0 Å². The first-order chi connectivity index (χ1) is 10.2.